The Kier molecular flexibility index (Phi) is 4.42. The van der Waals surface area contributed by atoms with E-state index < -0.39 is 10.0 Å². The van der Waals surface area contributed by atoms with Gasteiger partial charge in [0.1, 0.15) is 4.90 Å². The van der Waals surface area contributed by atoms with E-state index in [0.29, 0.717) is 22.8 Å². The summed E-state index contributed by atoms with van der Waals surface area (Å²) in [5.41, 5.74) is 2.02. The predicted molar refractivity (Wildman–Crippen MR) is 98.4 cm³/mol. The number of hydrogen-bond donors (Lipinski definition) is 0. The second-order valence-electron chi connectivity index (χ2n) is 6.47. The number of aryl methyl sites for hydroxylation is 1. The zero-order valence-corrected chi connectivity index (χ0v) is 16.3. The summed E-state index contributed by atoms with van der Waals surface area (Å²) < 4.78 is 30.2. The molecule has 0 spiro atoms. The van der Waals surface area contributed by atoms with Crippen molar-refractivity contribution < 1.29 is 8.42 Å². The highest BCUT2D eigenvalue weighted by Crippen LogP contribution is 2.41. The van der Waals surface area contributed by atoms with E-state index in [2.05, 4.69) is 12.0 Å². The molecule has 1 aromatic heterocycles. The summed E-state index contributed by atoms with van der Waals surface area (Å²) >= 11 is 1.72. The number of fused-ring (bicyclic) bond motifs is 1. The van der Waals surface area contributed by atoms with Gasteiger partial charge in [0.2, 0.25) is 0 Å². The van der Waals surface area contributed by atoms with Gasteiger partial charge >= 0.3 is 0 Å². The molecule has 0 saturated heterocycles. The highest BCUT2D eigenvalue weighted by atomic mass is 32.2. The minimum absolute atomic E-state index is 0.121. The van der Waals surface area contributed by atoms with E-state index in [1.165, 1.54) is 0 Å². The van der Waals surface area contributed by atoms with Gasteiger partial charge in [0, 0.05) is 22.7 Å². The number of sulfonamides is 1. The van der Waals surface area contributed by atoms with E-state index in [4.69, 9.17) is 0 Å². The molecule has 2 heterocycles. The number of nitrogens with zero attached hydrogens (tertiary/aromatic N) is 3. The first-order valence-corrected chi connectivity index (χ1v) is 10.4. The van der Waals surface area contributed by atoms with Gasteiger partial charge in [-0.2, -0.15) is 5.10 Å². The molecule has 0 bridgehead atoms. The standard InChI is InChI=1S/C17H23N3O2S2/c1-11(2)20-14(5)17(13(4)18-20)24(21,22)19-10-12(3)23-16-9-7-6-8-15(16)19/h6-9,11-12H,10H2,1-5H3/t12-/m1/s1. The largest absolute Gasteiger partial charge is 0.268 e. The van der Waals surface area contributed by atoms with Crippen LogP contribution in [0.1, 0.15) is 38.2 Å². The van der Waals surface area contributed by atoms with Crippen LogP contribution in [0.5, 0.6) is 0 Å². The van der Waals surface area contributed by atoms with Gasteiger partial charge in [0.25, 0.3) is 10.0 Å². The molecule has 1 atom stereocenters. The molecule has 0 N–H and O–H groups in total. The summed E-state index contributed by atoms with van der Waals surface area (Å²) in [7, 11) is -3.65. The molecule has 3 rings (SSSR count). The molecule has 7 heteroatoms. The molecule has 0 radical (unpaired) electrons. The van der Waals surface area contributed by atoms with Gasteiger partial charge < -0.3 is 0 Å². The van der Waals surface area contributed by atoms with Crippen molar-refractivity contribution in [3.05, 3.63) is 35.7 Å². The first-order chi connectivity index (χ1) is 11.2. The van der Waals surface area contributed by atoms with Gasteiger partial charge in [0.15, 0.2) is 0 Å². The van der Waals surface area contributed by atoms with Crippen molar-refractivity contribution in [1.29, 1.82) is 0 Å². The minimum Gasteiger partial charge on any atom is -0.266 e. The molecule has 0 fully saturated rings. The van der Waals surface area contributed by atoms with Crippen LogP contribution in [0.25, 0.3) is 0 Å². The minimum atomic E-state index is -3.65. The monoisotopic (exact) mass is 365 g/mol. The predicted octanol–water partition coefficient (Wildman–Crippen LogP) is 3.77. The zero-order chi connectivity index (χ0) is 17.6. The van der Waals surface area contributed by atoms with Gasteiger partial charge in [-0.05, 0) is 39.8 Å². The fourth-order valence-electron chi connectivity index (χ4n) is 3.21. The first-order valence-electron chi connectivity index (χ1n) is 8.07. The van der Waals surface area contributed by atoms with Gasteiger partial charge in [-0.1, -0.05) is 19.1 Å². The molecule has 1 aromatic carbocycles. The van der Waals surface area contributed by atoms with Gasteiger partial charge in [-0.25, -0.2) is 8.42 Å². The maximum atomic E-state index is 13.4. The Morgan fingerprint density at radius 1 is 1.25 bits per heavy atom. The summed E-state index contributed by atoms with van der Waals surface area (Å²) in [4.78, 5) is 1.34. The lowest BCUT2D eigenvalue weighted by Crippen LogP contribution is -2.39. The number of hydrogen-bond acceptors (Lipinski definition) is 4. The smallest absolute Gasteiger partial charge is 0.266 e. The molecule has 130 valence electrons. The third-order valence-electron chi connectivity index (χ3n) is 4.18. The second-order valence-corrected chi connectivity index (χ2v) is 9.75. The Balaban J connectivity index is 2.16. The molecule has 24 heavy (non-hydrogen) atoms. The van der Waals surface area contributed by atoms with E-state index in [-0.39, 0.29) is 11.3 Å². The Morgan fingerprint density at radius 3 is 2.54 bits per heavy atom. The fourth-order valence-corrected chi connectivity index (χ4v) is 6.42. The van der Waals surface area contributed by atoms with Crippen LogP contribution < -0.4 is 4.31 Å². The van der Waals surface area contributed by atoms with Crippen LogP contribution in [-0.4, -0.2) is 30.0 Å². The Morgan fingerprint density at radius 2 is 1.92 bits per heavy atom. The van der Waals surface area contributed by atoms with Crippen LogP contribution in [0.3, 0.4) is 0 Å². The van der Waals surface area contributed by atoms with Crippen LogP contribution in [-0.2, 0) is 10.0 Å². The Labute approximate surface area is 148 Å². The lowest BCUT2D eigenvalue weighted by atomic mass is 10.3. The van der Waals surface area contributed by atoms with E-state index >= 15 is 0 Å². The number of anilines is 1. The molecule has 1 aliphatic heterocycles. The summed E-state index contributed by atoms with van der Waals surface area (Å²) in [5.74, 6) is 0. The summed E-state index contributed by atoms with van der Waals surface area (Å²) in [6.07, 6.45) is 0. The zero-order valence-electron chi connectivity index (χ0n) is 14.6. The third-order valence-corrected chi connectivity index (χ3v) is 7.36. The number of aromatic nitrogens is 2. The van der Waals surface area contributed by atoms with Crippen molar-refractivity contribution in [1.82, 2.24) is 9.78 Å². The number of thioether (sulfide) groups is 1. The van der Waals surface area contributed by atoms with Crippen LogP contribution in [0.2, 0.25) is 0 Å². The van der Waals surface area contributed by atoms with Crippen molar-refractivity contribution in [2.24, 2.45) is 0 Å². The van der Waals surface area contributed by atoms with Gasteiger partial charge in [-0.3, -0.25) is 8.99 Å². The van der Waals surface area contributed by atoms with Crippen LogP contribution >= 0.6 is 11.8 Å². The first kappa shape index (κ1) is 17.4. The topological polar surface area (TPSA) is 55.2 Å². The molecule has 0 aliphatic carbocycles. The molecule has 0 saturated carbocycles. The fraction of sp³-hybridized carbons (Fsp3) is 0.471. The number of rotatable bonds is 3. The number of para-hydroxylation sites is 1. The van der Waals surface area contributed by atoms with Crippen molar-refractivity contribution >= 4 is 27.5 Å². The van der Waals surface area contributed by atoms with Crippen LogP contribution in [0.4, 0.5) is 5.69 Å². The normalized spacial score (nSPS) is 18.1. The van der Waals surface area contributed by atoms with E-state index in [0.717, 1.165) is 10.6 Å². The molecular formula is C17H23N3O2S2. The quantitative estimate of drug-likeness (QED) is 0.831. The van der Waals surface area contributed by atoms with Crippen molar-refractivity contribution in [2.45, 2.75) is 55.7 Å². The summed E-state index contributed by atoms with van der Waals surface area (Å²) in [6.45, 7) is 10.1. The average Bonchev–Trinajstić information content (AvgIpc) is 2.81. The molecule has 2 aromatic rings. The molecule has 0 amide bonds. The van der Waals surface area contributed by atoms with E-state index in [1.54, 1.807) is 27.7 Å². The molecule has 5 nitrogen and oxygen atoms in total. The highest BCUT2D eigenvalue weighted by Gasteiger charge is 2.36. The van der Waals surface area contributed by atoms with Gasteiger partial charge in [-0.15, -0.1) is 11.8 Å². The van der Waals surface area contributed by atoms with E-state index in [1.807, 2.05) is 45.0 Å². The Bertz CT molecular complexity index is 872. The SMILES string of the molecule is Cc1nn(C(C)C)c(C)c1S(=O)(=O)N1C[C@@H](C)Sc2ccccc21. The maximum Gasteiger partial charge on any atom is 0.268 e. The highest BCUT2D eigenvalue weighted by molar-refractivity contribution is 8.00. The lowest BCUT2D eigenvalue weighted by molar-refractivity contribution is 0.514. The maximum absolute atomic E-state index is 13.4. The van der Waals surface area contributed by atoms with Crippen LogP contribution in [0.15, 0.2) is 34.1 Å². The van der Waals surface area contributed by atoms with E-state index in [9.17, 15) is 8.42 Å². The van der Waals surface area contributed by atoms with Crippen LogP contribution in [0, 0.1) is 13.8 Å². The van der Waals surface area contributed by atoms with Crippen molar-refractivity contribution in [3.8, 4) is 0 Å². The number of benzene rings is 1. The second kappa shape index (κ2) is 6.11. The Hall–Kier alpha value is -1.47. The lowest BCUT2D eigenvalue weighted by Gasteiger charge is -2.33. The molecule has 1 aliphatic rings. The third kappa shape index (κ3) is 2.73. The molecule has 0 unspecified atom stereocenters. The molecular weight excluding hydrogens is 342 g/mol. The van der Waals surface area contributed by atoms with Gasteiger partial charge in [0.05, 0.1) is 17.1 Å². The van der Waals surface area contributed by atoms with Crippen molar-refractivity contribution in [3.63, 3.8) is 0 Å². The summed E-state index contributed by atoms with van der Waals surface area (Å²) in [5, 5.41) is 4.66. The van der Waals surface area contributed by atoms with Crippen molar-refractivity contribution in [2.75, 3.05) is 10.8 Å². The summed E-state index contributed by atoms with van der Waals surface area (Å²) in [6, 6.07) is 7.81. The average molecular weight is 366 g/mol.